The highest BCUT2D eigenvalue weighted by molar-refractivity contribution is 8.02. The summed E-state index contributed by atoms with van der Waals surface area (Å²) in [4.78, 5) is 7.69. The second-order valence-corrected chi connectivity index (χ2v) is 12.2. The second kappa shape index (κ2) is 9.78. The van der Waals surface area contributed by atoms with E-state index >= 15 is 0 Å². The van der Waals surface area contributed by atoms with Crippen LogP contribution >= 0.6 is 46.7 Å². The van der Waals surface area contributed by atoms with Gasteiger partial charge in [-0.1, -0.05) is 116 Å². The smallest absolute Gasteiger partial charge is 0.160 e. The molecule has 0 aliphatic heterocycles. The minimum absolute atomic E-state index is 0.165. The summed E-state index contributed by atoms with van der Waals surface area (Å²) in [6.07, 6.45) is 0. The van der Waals surface area contributed by atoms with E-state index < -0.39 is 0 Å². The van der Waals surface area contributed by atoms with Crippen molar-refractivity contribution in [1.82, 2.24) is 9.97 Å². The largest absolute Gasteiger partial charge is 0.389 e. The highest BCUT2D eigenvalue weighted by Crippen LogP contribution is 2.40. The average Bonchev–Trinajstić information content (AvgIpc) is 3.23. The maximum Gasteiger partial charge on any atom is 0.160 e. The molecule has 0 aliphatic rings. The van der Waals surface area contributed by atoms with Gasteiger partial charge < -0.3 is 16.5 Å². The summed E-state index contributed by atoms with van der Waals surface area (Å²) in [6, 6.07) is 20.0. The first-order valence-corrected chi connectivity index (χ1v) is 12.1. The number of nitrogens with two attached hydrogens (primary N) is 2. The monoisotopic (exact) mass is 472 g/mol. The van der Waals surface area contributed by atoms with E-state index in [1.165, 1.54) is 11.3 Å². The second-order valence-electron chi connectivity index (χ2n) is 7.39. The van der Waals surface area contributed by atoms with Crippen LogP contribution in [0.5, 0.6) is 0 Å². The molecule has 8 heteroatoms. The number of thioether (sulfide) groups is 1. The molecule has 0 saturated heterocycles. The first-order valence-electron chi connectivity index (χ1n) is 9.27. The number of aromatic nitrogens is 2. The number of nitrogens with zero attached hydrogens (tertiary/aromatic N) is 1. The number of H-pyrrole nitrogens is 1. The minimum atomic E-state index is 0.165. The number of hydrogen-bond donors (Lipinski definition) is 3. The first kappa shape index (κ1) is 22.6. The molecule has 0 saturated carbocycles. The number of benzene rings is 2. The van der Waals surface area contributed by atoms with Gasteiger partial charge in [0.1, 0.15) is 15.7 Å². The number of thiazole rings is 2. The molecule has 4 rings (SSSR count). The Balaban J connectivity index is 0.000000177. The van der Waals surface area contributed by atoms with Crippen molar-refractivity contribution in [1.29, 1.82) is 0 Å². The van der Waals surface area contributed by atoms with Crippen LogP contribution in [0.1, 0.15) is 20.8 Å². The van der Waals surface area contributed by atoms with Crippen molar-refractivity contribution in [3.05, 3.63) is 64.6 Å². The molecule has 0 unspecified atom stereocenters. The quantitative estimate of drug-likeness (QED) is 0.215. The topological polar surface area (TPSA) is 80.7 Å². The fourth-order valence-corrected chi connectivity index (χ4v) is 6.01. The Bertz CT molecular complexity index is 1140. The van der Waals surface area contributed by atoms with E-state index in [1.54, 1.807) is 23.1 Å². The highest BCUT2D eigenvalue weighted by atomic mass is 32.2. The van der Waals surface area contributed by atoms with Gasteiger partial charge in [0.15, 0.2) is 8.29 Å². The number of aromatic amines is 1. The third kappa shape index (κ3) is 6.18. The van der Waals surface area contributed by atoms with Crippen molar-refractivity contribution in [3.8, 4) is 22.5 Å². The molecule has 5 N–H and O–H groups in total. The van der Waals surface area contributed by atoms with Crippen LogP contribution in [0.25, 0.3) is 22.5 Å². The molecular formula is C22H24N4S4. The molecule has 2 heterocycles. The van der Waals surface area contributed by atoms with Crippen LogP contribution < -0.4 is 11.5 Å². The van der Waals surface area contributed by atoms with Gasteiger partial charge >= 0.3 is 0 Å². The number of hydrogen-bond acceptors (Lipinski definition) is 7. The molecule has 156 valence electrons. The standard InChI is InChI=1S/C13H16N2S2.C9H8N2S2/c1-13(2,3)17-12-15-10(11(14)16-12)9-7-5-4-6-8-9;10-8-7(11-9(12)13-8)6-4-2-1-3-5-6/h4-8H,14H2,1-3H3;1-5H,10H2,(H,11,12). The first-order chi connectivity index (χ1) is 14.2. The summed E-state index contributed by atoms with van der Waals surface area (Å²) in [5.74, 6) is 0. The molecule has 2 aromatic carbocycles. The van der Waals surface area contributed by atoms with Gasteiger partial charge in [-0.25, -0.2) is 4.98 Å². The molecule has 2 aromatic heterocycles. The van der Waals surface area contributed by atoms with Crippen molar-refractivity contribution in [2.75, 3.05) is 11.5 Å². The van der Waals surface area contributed by atoms with Gasteiger partial charge in [0.25, 0.3) is 0 Å². The average molecular weight is 473 g/mol. The van der Waals surface area contributed by atoms with Gasteiger partial charge in [0, 0.05) is 15.9 Å². The predicted octanol–water partition coefficient (Wildman–Crippen LogP) is 7.34. The number of anilines is 2. The molecule has 0 spiro atoms. The van der Waals surface area contributed by atoms with Crippen LogP contribution in [-0.2, 0) is 0 Å². The van der Waals surface area contributed by atoms with Gasteiger partial charge in [-0.3, -0.25) is 0 Å². The summed E-state index contributed by atoms with van der Waals surface area (Å²) in [5, 5.41) is 1.54. The molecule has 0 fully saturated rings. The third-order valence-electron chi connectivity index (χ3n) is 3.81. The predicted molar refractivity (Wildman–Crippen MR) is 137 cm³/mol. The van der Waals surface area contributed by atoms with Gasteiger partial charge in [-0.15, -0.1) is 0 Å². The Hall–Kier alpha value is -2.13. The summed E-state index contributed by atoms with van der Waals surface area (Å²) in [6.45, 7) is 6.53. The molecule has 0 bridgehead atoms. The van der Waals surface area contributed by atoms with E-state index in [1.807, 2.05) is 60.7 Å². The molecular weight excluding hydrogens is 449 g/mol. The Morgan fingerprint density at radius 1 is 0.867 bits per heavy atom. The van der Waals surface area contributed by atoms with Crippen molar-refractivity contribution in [2.45, 2.75) is 29.9 Å². The van der Waals surface area contributed by atoms with E-state index in [0.717, 1.165) is 40.8 Å². The molecule has 0 atom stereocenters. The Morgan fingerprint density at radius 3 is 1.93 bits per heavy atom. The van der Waals surface area contributed by atoms with Crippen molar-refractivity contribution >= 4 is 56.7 Å². The van der Waals surface area contributed by atoms with E-state index in [2.05, 4.69) is 30.7 Å². The maximum atomic E-state index is 6.03. The molecule has 4 nitrogen and oxygen atoms in total. The Kier molecular flexibility index (Phi) is 7.36. The lowest BCUT2D eigenvalue weighted by molar-refractivity contribution is 0.802. The summed E-state index contributed by atoms with van der Waals surface area (Å²) in [7, 11) is 0. The molecule has 4 aromatic rings. The van der Waals surface area contributed by atoms with Crippen LogP contribution in [0.2, 0.25) is 0 Å². The maximum absolute atomic E-state index is 6.03. The van der Waals surface area contributed by atoms with Crippen LogP contribution in [0.15, 0.2) is 65.0 Å². The van der Waals surface area contributed by atoms with Crippen molar-refractivity contribution < 1.29 is 0 Å². The summed E-state index contributed by atoms with van der Waals surface area (Å²) < 4.78 is 1.92. The summed E-state index contributed by atoms with van der Waals surface area (Å²) in [5.41, 5.74) is 15.8. The van der Waals surface area contributed by atoms with Gasteiger partial charge in [-0.05, 0) is 12.2 Å². The zero-order valence-electron chi connectivity index (χ0n) is 17.0. The van der Waals surface area contributed by atoms with Crippen LogP contribution in [0.4, 0.5) is 10.0 Å². The van der Waals surface area contributed by atoms with Crippen LogP contribution in [-0.4, -0.2) is 14.7 Å². The number of rotatable bonds is 3. The van der Waals surface area contributed by atoms with Gasteiger partial charge in [-0.2, -0.15) is 0 Å². The lowest BCUT2D eigenvalue weighted by Crippen LogP contribution is -2.06. The van der Waals surface area contributed by atoms with E-state index in [4.69, 9.17) is 23.7 Å². The summed E-state index contributed by atoms with van der Waals surface area (Å²) >= 11 is 9.73. The number of nitrogens with one attached hydrogen (secondary N) is 1. The van der Waals surface area contributed by atoms with E-state index in [-0.39, 0.29) is 4.75 Å². The Morgan fingerprint density at radius 2 is 1.43 bits per heavy atom. The Labute approximate surface area is 194 Å². The normalized spacial score (nSPS) is 11.0. The SMILES string of the molecule is CC(C)(C)Sc1nc(-c2ccccc2)c(N)s1.Nc1sc(=S)[nH]c1-c1ccccc1. The van der Waals surface area contributed by atoms with Gasteiger partial charge in [0.2, 0.25) is 0 Å². The fourth-order valence-electron chi connectivity index (χ4n) is 2.58. The lowest BCUT2D eigenvalue weighted by Gasteiger charge is -2.14. The zero-order valence-corrected chi connectivity index (χ0v) is 20.3. The number of nitrogen functional groups attached to an aromatic ring is 2. The van der Waals surface area contributed by atoms with Crippen LogP contribution in [0, 0.1) is 3.95 Å². The van der Waals surface area contributed by atoms with Gasteiger partial charge in [0.05, 0.1) is 5.69 Å². The highest BCUT2D eigenvalue weighted by Gasteiger charge is 2.17. The fraction of sp³-hybridized carbons (Fsp3) is 0.182. The van der Waals surface area contributed by atoms with Crippen molar-refractivity contribution in [2.24, 2.45) is 0 Å². The van der Waals surface area contributed by atoms with E-state index in [0.29, 0.717) is 0 Å². The minimum Gasteiger partial charge on any atom is -0.389 e. The molecule has 0 aliphatic carbocycles. The zero-order chi connectivity index (χ0) is 21.7. The van der Waals surface area contributed by atoms with E-state index in [9.17, 15) is 0 Å². The molecule has 0 amide bonds. The molecule has 0 radical (unpaired) electrons. The molecule has 30 heavy (non-hydrogen) atoms. The third-order valence-corrected chi connectivity index (χ3v) is 6.93. The van der Waals surface area contributed by atoms with Crippen molar-refractivity contribution in [3.63, 3.8) is 0 Å². The lowest BCUT2D eigenvalue weighted by atomic mass is 10.2. The van der Waals surface area contributed by atoms with Crippen LogP contribution in [0.3, 0.4) is 0 Å².